The van der Waals surface area contributed by atoms with E-state index in [4.69, 9.17) is 5.11 Å². The van der Waals surface area contributed by atoms with Crippen molar-refractivity contribution in [2.24, 2.45) is 0 Å². The zero-order valence-corrected chi connectivity index (χ0v) is 23.2. The molecule has 1 aromatic heterocycles. The van der Waals surface area contributed by atoms with Crippen LogP contribution in [-0.4, -0.2) is 78.2 Å². The Bertz CT molecular complexity index is 1380. The fourth-order valence-electron chi connectivity index (χ4n) is 4.44. The number of hydrogen-bond acceptors (Lipinski definition) is 6. The van der Waals surface area contributed by atoms with E-state index in [0.29, 0.717) is 23.0 Å². The molecule has 0 bridgehead atoms. The molecule has 9 nitrogen and oxygen atoms in total. The standard InChI is InChI=1S/C31H36N6O3/c1-22-4-9-26(18-25(22)10-5-23-8-13-29(33-19-23)35-31(40)32-15-17-38)30(39)34-27-11-6-24(7-12-27)20-37-16-14-28(21-37)36(2)3/h4,6-9,11-13,18-19,28,38H,14-17,20-21H2,1-3H3,(H,34,39)(H2,32,33,35,40)/t28-/m0/s1. The molecule has 0 unspecified atom stereocenters. The summed E-state index contributed by atoms with van der Waals surface area (Å²) in [7, 11) is 4.27. The van der Waals surface area contributed by atoms with Crippen LogP contribution in [0.25, 0.3) is 0 Å². The number of anilines is 2. The van der Waals surface area contributed by atoms with Crippen molar-refractivity contribution in [1.82, 2.24) is 20.1 Å². The summed E-state index contributed by atoms with van der Waals surface area (Å²) in [5, 5.41) is 16.8. The van der Waals surface area contributed by atoms with Crippen LogP contribution in [0.3, 0.4) is 0 Å². The van der Waals surface area contributed by atoms with Crippen LogP contribution in [0.2, 0.25) is 0 Å². The van der Waals surface area contributed by atoms with E-state index in [9.17, 15) is 9.59 Å². The average molecular weight is 541 g/mol. The first-order valence-electron chi connectivity index (χ1n) is 13.3. The molecule has 208 valence electrons. The van der Waals surface area contributed by atoms with Gasteiger partial charge in [0.15, 0.2) is 0 Å². The number of hydrogen-bond donors (Lipinski definition) is 4. The molecule has 3 aromatic rings. The third-order valence-corrected chi connectivity index (χ3v) is 6.84. The van der Waals surface area contributed by atoms with Crippen LogP contribution in [0, 0.1) is 18.8 Å². The maximum Gasteiger partial charge on any atom is 0.320 e. The van der Waals surface area contributed by atoms with Crippen molar-refractivity contribution in [3.63, 3.8) is 0 Å². The quantitative estimate of drug-likeness (QED) is 0.327. The number of likely N-dealkylation sites (tertiary alicyclic amines) is 1. The summed E-state index contributed by atoms with van der Waals surface area (Å²) < 4.78 is 0. The summed E-state index contributed by atoms with van der Waals surface area (Å²) >= 11 is 0. The zero-order valence-electron chi connectivity index (χ0n) is 23.2. The van der Waals surface area contributed by atoms with E-state index in [1.807, 2.05) is 25.1 Å². The number of likely N-dealkylation sites (N-methyl/N-ethyl adjacent to an activating group) is 1. The number of aryl methyl sites for hydroxylation is 1. The molecule has 1 aliphatic heterocycles. The Balaban J connectivity index is 1.35. The number of aliphatic hydroxyl groups is 1. The highest BCUT2D eigenvalue weighted by Crippen LogP contribution is 2.19. The molecule has 0 spiro atoms. The minimum Gasteiger partial charge on any atom is -0.395 e. The number of urea groups is 1. The Morgan fingerprint density at radius 2 is 1.88 bits per heavy atom. The van der Waals surface area contributed by atoms with Crippen LogP contribution in [0.5, 0.6) is 0 Å². The fraction of sp³-hybridized carbons (Fsp3) is 0.323. The highest BCUT2D eigenvalue weighted by molar-refractivity contribution is 6.04. The lowest BCUT2D eigenvalue weighted by Crippen LogP contribution is -2.31. The van der Waals surface area contributed by atoms with Crippen LogP contribution >= 0.6 is 0 Å². The third-order valence-electron chi connectivity index (χ3n) is 6.84. The number of nitrogens with one attached hydrogen (secondary N) is 3. The molecule has 4 rings (SSSR count). The number of pyridine rings is 1. The number of carbonyl (C=O) groups excluding carboxylic acids is 2. The molecule has 0 radical (unpaired) electrons. The van der Waals surface area contributed by atoms with Gasteiger partial charge in [0.2, 0.25) is 0 Å². The van der Waals surface area contributed by atoms with Gasteiger partial charge in [-0.25, -0.2) is 9.78 Å². The molecular formula is C31H36N6O3. The van der Waals surface area contributed by atoms with Crippen molar-refractivity contribution in [3.05, 3.63) is 88.6 Å². The van der Waals surface area contributed by atoms with Gasteiger partial charge in [0.05, 0.1) is 6.61 Å². The summed E-state index contributed by atoms with van der Waals surface area (Å²) in [6.45, 7) is 5.06. The van der Waals surface area contributed by atoms with Crippen LogP contribution < -0.4 is 16.0 Å². The molecule has 9 heteroatoms. The maximum absolute atomic E-state index is 13.0. The largest absolute Gasteiger partial charge is 0.395 e. The summed E-state index contributed by atoms with van der Waals surface area (Å²) in [5.74, 6) is 6.37. The Morgan fingerprint density at radius 1 is 1.07 bits per heavy atom. The SMILES string of the molecule is Cc1ccc(C(=O)Nc2ccc(CN3CC[C@H](N(C)C)C3)cc2)cc1C#Cc1ccc(NC(=O)NCCO)nc1. The maximum atomic E-state index is 13.0. The number of aromatic nitrogens is 1. The van der Waals surface area contributed by atoms with Gasteiger partial charge in [-0.1, -0.05) is 30.0 Å². The van der Waals surface area contributed by atoms with Crippen molar-refractivity contribution in [2.75, 3.05) is 51.0 Å². The first-order valence-corrected chi connectivity index (χ1v) is 13.3. The van der Waals surface area contributed by atoms with Crippen molar-refractivity contribution >= 4 is 23.4 Å². The molecular weight excluding hydrogens is 504 g/mol. The van der Waals surface area contributed by atoms with Gasteiger partial charge in [0.1, 0.15) is 5.82 Å². The van der Waals surface area contributed by atoms with Gasteiger partial charge in [-0.15, -0.1) is 0 Å². The Kier molecular flexibility index (Phi) is 9.86. The lowest BCUT2D eigenvalue weighted by Gasteiger charge is -2.20. The normalized spacial score (nSPS) is 14.9. The molecule has 4 N–H and O–H groups in total. The molecule has 40 heavy (non-hydrogen) atoms. The van der Waals surface area contributed by atoms with Gasteiger partial charge in [-0.05, 0) is 75.0 Å². The first kappa shape index (κ1) is 28.8. The molecule has 1 fully saturated rings. The van der Waals surface area contributed by atoms with Crippen molar-refractivity contribution in [1.29, 1.82) is 0 Å². The first-order chi connectivity index (χ1) is 19.3. The van der Waals surface area contributed by atoms with Gasteiger partial charge < -0.3 is 20.6 Å². The van der Waals surface area contributed by atoms with E-state index in [-0.39, 0.29) is 19.1 Å². The van der Waals surface area contributed by atoms with Crippen molar-refractivity contribution in [3.8, 4) is 11.8 Å². The van der Waals surface area contributed by atoms with Crippen molar-refractivity contribution < 1.29 is 14.7 Å². The third kappa shape index (κ3) is 8.13. The zero-order chi connectivity index (χ0) is 28.5. The Morgan fingerprint density at radius 3 is 2.55 bits per heavy atom. The second-order valence-electron chi connectivity index (χ2n) is 10.1. The number of aliphatic hydroxyl groups excluding tert-OH is 1. The predicted octanol–water partition coefficient (Wildman–Crippen LogP) is 3.29. The van der Waals surface area contributed by atoms with Crippen LogP contribution in [0.1, 0.15) is 39.0 Å². The van der Waals surface area contributed by atoms with Gasteiger partial charge in [0.25, 0.3) is 5.91 Å². The molecule has 0 aliphatic carbocycles. The second kappa shape index (κ2) is 13.7. The Labute approximate surface area is 235 Å². The summed E-state index contributed by atoms with van der Waals surface area (Å²) in [5.41, 5.74) is 4.88. The van der Waals surface area contributed by atoms with Gasteiger partial charge >= 0.3 is 6.03 Å². The van der Waals surface area contributed by atoms with Gasteiger partial charge in [-0.3, -0.25) is 15.0 Å². The van der Waals surface area contributed by atoms with E-state index in [0.717, 1.165) is 36.4 Å². The molecule has 0 saturated carbocycles. The molecule has 1 saturated heterocycles. The molecule has 3 amide bonds. The van der Waals surface area contributed by atoms with Crippen LogP contribution in [-0.2, 0) is 6.54 Å². The summed E-state index contributed by atoms with van der Waals surface area (Å²) in [6, 6.07) is 17.1. The highest BCUT2D eigenvalue weighted by atomic mass is 16.3. The lowest BCUT2D eigenvalue weighted by atomic mass is 10.0. The topological polar surface area (TPSA) is 110 Å². The van der Waals surface area contributed by atoms with E-state index < -0.39 is 6.03 Å². The fourth-order valence-corrected chi connectivity index (χ4v) is 4.44. The van der Waals surface area contributed by atoms with E-state index in [2.05, 4.69) is 68.8 Å². The molecule has 1 atom stereocenters. The van der Waals surface area contributed by atoms with Crippen LogP contribution in [0.15, 0.2) is 60.8 Å². The van der Waals surface area contributed by atoms with Gasteiger partial charge in [0, 0.05) is 60.8 Å². The number of nitrogens with zero attached hydrogens (tertiary/aromatic N) is 3. The summed E-state index contributed by atoms with van der Waals surface area (Å²) in [4.78, 5) is 33.6. The van der Waals surface area contributed by atoms with E-state index in [1.165, 1.54) is 12.0 Å². The van der Waals surface area contributed by atoms with Crippen LogP contribution in [0.4, 0.5) is 16.3 Å². The molecule has 2 aromatic carbocycles. The minimum atomic E-state index is -0.442. The molecule has 1 aliphatic rings. The van der Waals surface area contributed by atoms with E-state index >= 15 is 0 Å². The number of amides is 3. The Hall–Kier alpha value is -4.23. The monoisotopic (exact) mass is 540 g/mol. The number of rotatable bonds is 8. The molecule has 2 heterocycles. The predicted molar refractivity (Wildman–Crippen MR) is 157 cm³/mol. The summed E-state index contributed by atoms with van der Waals surface area (Å²) in [6.07, 6.45) is 2.76. The van der Waals surface area contributed by atoms with E-state index in [1.54, 1.807) is 30.5 Å². The lowest BCUT2D eigenvalue weighted by molar-refractivity contribution is 0.102. The highest BCUT2D eigenvalue weighted by Gasteiger charge is 2.23. The van der Waals surface area contributed by atoms with Crippen molar-refractivity contribution in [2.45, 2.75) is 25.9 Å². The number of carbonyl (C=O) groups is 2. The minimum absolute atomic E-state index is 0.137. The second-order valence-corrected chi connectivity index (χ2v) is 10.1. The average Bonchev–Trinajstić information content (AvgIpc) is 3.42. The smallest absolute Gasteiger partial charge is 0.320 e. The van der Waals surface area contributed by atoms with Gasteiger partial charge in [-0.2, -0.15) is 0 Å². The number of benzene rings is 2.